The number of rotatable bonds is 4. The second-order valence-electron chi connectivity index (χ2n) is 6.77. The quantitative estimate of drug-likeness (QED) is 0.837. The number of carbonyl (C=O) groups is 2. The van der Waals surface area contributed by atoms with Gasteiger partial charge in [0.1, 0.15) is 0 Å². The number of hydrogen-bond donors (Lipinski definition) is 1. The van der Waals surface area contributed by atoms with Crippen molar-refractivity contribution in [1.82, 2.24) is 5.32 Å². The Balaban J connectivity index is 1.89. The number of ketones is 1. The van der Waals surface area contributed by atoms with Crippen LogP contribution in [-0.2, 0) is 9.84 Å². The molecule has 1 unspecified atom stereocenters. The molecular formula is C20H21NO4S. The normalized spacial score (nSPS) is 18.5. The molecule has 2 aromatic rings. The van der Waals surface area contributed by atoms with E-state index in [9.17, 15) is 18.0 Å². The van der Waals surface area contributed by atoms with Crippen LogP contribution in [0.2, 0.25) is 0 Å². The highest BCUT2D eigenvalue weighted by Gasteiger charge is 2.30. The van der Waals surface area contributed by atoms with Gasteiger partial charge in [0.05, 0.1) is 17.1 Å². The van der Waals surface area contributed by atoms with Gasteiger partial charge in [-0.2, -0.15) is 0 Å². The highest BCUT2D eigenvalue weighted by atomic mass is 32.2. The van der Waals surface area contributed by atoms with Crippen LogP contribution < -0.4 is 5.32 Å². The Bertz CT molecular complexity index is 979. The first-order chi connectivity index (χ1) is 12.3. The third-order valence-electron chi connectivity index (χ3n) is 4.62. The molecule has 1 atom stereocenters. The van der Waals surface area contributed by atoms with E-state index in [1.165, 1.54) is 0 Å². The zero-order valence-electron chi connectivity index (χ0n) is 14.8. The van der Waals surface area contributed by atoms with Gasteiger partial charge in [0, 0.05) is 17.2 Å². The fraction of sp³-hybridized carbons (Fsp3) is 0.300. The van der Waals surface area contributed by atoms with Crippen LogP contribution in [-0.4, -0.2) is 37.7 Å². The van der Waals surface area contributed by atoms with Crippen molar-refractivity contribution in [1.29, 1.82) is 0 Å². The minimum Gasteiger partial charge on any atom is -0.348 e. The standard InChI is InChI=1S/C20H21NO4S/c1-13-7-8-14(2)18(11-13)19(22)16-5-3-4-6-17(16)20(23)21-15-9-10-26(24,25)12-15/h3-8,11,15H,9-10,12H2,1-2H3,(H,21,23). The molecule has 0 bridgehead atoms. The van der Waals surface area contributed by atoms with Gasteiger partial charge >= 0.3 is 0 Å². The summed E-state index contributed by atoms with van der Waals surface area (Å²) in [5.74, 6) is -0.593. The Labute approximate surface area is 153 Å². The Hall–Kier alpha value is -2.47. The number of amides is 1. The van der Waals surface area contributed by atoms with Crippen molar-refractivity contribution in [2.75, 3.05) is 11.5 Å². The van der Waals surface area contributed by atoms with Crippen LogP contribution in [0.1, 0.15) is 43.8 Å². The summed E-state index contributed by atoms with van der Waals surface area (Å²) in [6.07, 6.45) is 0.404. The molecular weight excluding hydrogens is 350 g/mol. The van der Waals surface area contributed by atoms with Crippen LogP contribution in [0.3, 0.4) is 0 Å². The lowest BCUT2D eigenvalue weighted by Gasteiger charge is -2.14. The summed E-state index contributed by atoms with van der Waals surface area (Å²) in [6, 6.07) is 11.9. The topological polar surface area (TPSA) is 80.3 Å². The molecule has 0 aliphatic carbocycles. The van der Waals surface area contributed by atoms with Gasteiger partial charge in [-0.15, -0.1) is 0 Å². The third-order valence-corrected chi connectivity index (χ3v) is 6.39. The maximum absolute atomic E-state index is 13.0. The smallest absolute Gasteiger partial charge is 0.252 e. The molecule has 6 heteroatoms. The lowest BCUT2D eigenvalue weighted by atomic mass is 9.94. The van der Waals surface area contributed by atoms with Crippen molar-refractivity contribution in [2.45, 2.75) is 26.3 Å². The summed E-state index contributed by atoms with van der Waals surface area (Å²) in [5, 5.41) is 2.75. The van der Waals surface area contributed by atoms with Crippen LogP contribution in [0.25, 0.3) is 0 Å². The number of benzene rings is 2. The maximum atomic E-state index is 13.0. The largest absolute Gasteiger partial charge is 0.348 e. The van der Waals surface area contributed by atoms with Crippen molar-refractivity contribution in [3.63, 3.8) is 0 Å². The number of nitrogens with one attached hydrogen (secondary N) is 1. The van der Waals surface area contributed by atoms with Gasteiger partial charge in [-0.3, -0.25) is 9.59 Å². The first kappa shape index (κ1) is 18.3. The predicted octanol–water partition coefficient (Wildman–Crippen LogP) is 2.45. The third kappa shape index (κ3) is 3.85. The Morgan fingerprint density at radius 3 is 2.35 bits per heavy atom. The minimum atomic E-state index is -3.08. The number of carbonyl (C=O) groups excluding carboxylic acids is 2. The molecule has 0 aromatic heterocycles. The molecule has 3 rings (SSSR count). The maximum Gasteiger partial charge on any atom is 0.252 e. The van der Waals surface area contributed by atoms with Crippen molar-refractivity contribution in [2.24, 2.45) is 0 Å². The molecule has 26 heavy (non-hydrogen) atoms. The monoisotopic (exact) mass is 371 g/mol. The fourth-order valence-corrected chi connectivity index (χ4v) is 4.85. The van der Waals surface area contributed by atoms with E-state index >= 15 is 0 Å². The van der Waals surface area contributed by atoms with Gasteiger partial charge in [-0.25, -0.2) is 8.42 Å². The first-order valence-corrected chi connectivity index (χ1v) is 10.3. The van der Waals surface area contributed by atoms with Crippen molar-refractivity contribution < 1.29 is 18.0 Å². The van der Waals surface area contributed by atoms with Crippen LogP contribution in [0.15, 0.2) is 42.5 Å². The molecule has 1 fully saturated rings. The van der Waals surface area contributed by atoms with E-state index in [4.69, 9.17) is 0 Å². The summed E-state index contributed by atoms with van der Waals surface area (Å²) in [7, 11) is -3.08. The number of sulfone groups is 1. The summed E-state index contributed by atoms with van der Waals surface area (Å²) in [4.78, 5) is 25.7. The second kappa shape index (κ2) is 7.03. The highest BCUT2D eigenvalue weighted by molar-refractivity contribution is 7.91. The molecule has 0 saturated carbocycles. The molecule has 0 radical (unpaired) electrons. The molecule has 2 aromatic carbocycles. The van der Waals surface area contributed by atoms with Gasteiger partial charge in [0.25, 0.3) is 5.91 Å². The zero-order chi connectivity index (χ0) is 18.9. The first-order valence-electron chi connectivity index (χ1n) is 8.49. The van der Waals surface area contributed by atoms with Gasteiger partial charge in [-0.05, 0) is 38.0 Å². The van der Waals surface area contributed by atoms with E-state index in [0.717, 1.165) is 11.1 Å². The van der Waals surface area contributed by atoms with Crippen LogP contribution in [0.5, 0.6) is 0 Å². The molecule has 0 spiro atoms. The molecule has 1 aliphatic rings. The molecule has 1 heterocycles. The number of hydrogen-bond acceptors (Lipinski definition) is 4. The molecule has 1 N–H and O–H groups in total. The van der Waals surface area contributed by atoms with E-state index in [1.54, 1.807) is 24.3 Å². The van der Waals surface area contributed by atoms with Gasteiger partial charge in [-0.1, -0.05) is 35.9 Å². The lowest BCUT2D eigenvalue weighted by molar-refractivity contribution is 0.0930. The van der Waals surface area contributed by atoms with E-state index in [-0.39, 0.29) is 22.9 Å². The van der Waals surface area contributed by atoms with Crippen LogP contribution in [0, 0.1) is 13.8 Å². The van der Waals surface area contributed by atoms with Crippen molar-refractivity contribution in [3.05, 3.63) is 70.3 Å². The molecule has 136 valence electrons. The zero-order valence-corrected chi connectivity index (χ0v) is 15.6. The van der Waals surface area contributed by atoms with E-state index < -0.39 is 21.8 Å². The van der Waals surface area contributed by atoms with Gasteiger partial charge in [0.2, 0.25) is 0 Å². The van der Waals surface area contributed by atoms with Crippen molar-refractivity contribution >= 4 is 21.5 Å². The Kier molecular flexibility index (Phi) is 4.96. The average molecular weight is 371 g/mol. The molecule has 5 nitrogen and oxygen atoms in total. The van der Waals surface area contributed by atoms with Gasteiger partial charge < -0.3 is 5.32 Å². The summed E-state index contributed by atoms with van der Waals surface area (Å²) >= 11 is 0. The summed E-state index contributed by atoms with van der Waals surface area (Å²) in [6.45, 7) is 3.77. The number of aryl methyl sites for hydroxylation is 2. The second-order valence-corrected chi connectivity index (χ2v) is 9.00. The molecule has 1 amide bonds. The fourth-order valence-electron chi connectivity index (χ4n) is 3.18. The summed E-state index contributed by atoms with van der Waals surface area (Å²) in [5.41, 5.74) is 2.96. The average Bonchev–Trinajstić information content (AvgIpc) is 2.95. The predicted molar refractivity (Wildman–Crippen MR) is 100 cm³/mol. The van der Waals surface area contributed by atoms with Crippen LogP contribution in [0.4, 0.5) is 0 Å². The Morgan fingerprint density at radius 2 is 1.69 bits per heavy atom. The van der Waals surface area contributed by atoms with Gasteiger partial charge in [0.15, 0.2) is 15.6 Å². The minimum absolute atomic E-state index is 0.0498. The Morgan fingerprint density at radius 1 is 1.00 bits per heavy atom. The SMILES string of the molecule is Cc1ccc(C)c(C(=O)c2ccccc2C(=O)NC2CCS(=O)(=O)C2)c1. The molecule has 1 saturated heterocycles. The summed E-state index contributed by atoms with van der Waals surface area (Å²) < 4.78 is 23.2. The van der Waals surface area contributed by atoms with E-state index in [2.05, 4.69) is 5.32 Å². The van der Waals surface area contributed by atoms with E-state index in [1.807, 2.05) is 32.0 Å². The van der Waals surface area contributed by atoms with Crippen molar-refractivity contribution in [3.8, 4) is 0 Å². The highest BCUT2D eigenvalue weighted by Crippen LogP contribution is 2.20. The molecule has 1 aliphatic heterocycles. The van der Waals surface area contributed by atoms with E-state index in [0.29, 0.717) is 17.5 Å². The van der Waals surface area contributed by atoms with Crippen LogP contribution >= 0.6 is 0 Å². The lowest BCUT2D eigenvalue weighted by Crippen LogP contribution is -2.36.